The zero-order valence-corrected chi connectivity index (χ0v) is 17.2. The molecule has 0 amide bonds. The van der Waals surface area contributed by atoms with E-state index in [1.165, 1.54) is 55.6 Å². The van der Waals surface area contributed by atoms with Gasteiger partial charge in [-0.3, -0.25) is 0 Å². The van der Waals surface area contributed by atoms with Crippen LogP contribution in [0.4, 0.5) is 0 Å². The molecule has 0 saturated carbocycles. The molecule has 0 heterocycles. The lowest BCUT2D eigenvalue weighted by Crippen LogP contribution is -1.94. The lowest BCUT2D eigenvalue weighted by Gasteiger charge is -2.16. The monoisotopic (exact) mass is 374 g/mol. The van der Waals surface area contributed by atoms with Crippen LogP contribution in [0.25, 0.3) is 33.4 Å². The van der Waals surface area contributed by atoms with Crippen molar-refractivity contribution in [2.24, 2.45) is 0 Å². The molecule has 29 heavy (non-hydrogen) atoms. The van der Waals surface area contributed by atoms with Gasteiger partial charge in [-0.2, -0.15) is 0 Å². The van der Waals surface area contributed by atoms with Crippen LogP contribution in [0, 0.1) is 0 Å². The number of benzene rings is 4. The maximum atomic E-state index is 2.33. The smallest absolute Gasteiger partial charge is 0.000706 e. The van der Waals surface area contributed by atoms with E-state index in [4.69, 9.17) is 0 Å². The fraction of sp³-hybridized carbons (Fsp3) is 0.172. The molecular weight excluding hydrogens is 348 g/mol. The molecule has 0 saturated heterocycles. The maximum absolute atomic E-state index is 2.33. The van der Waals surface area contributed by atoms with E-state index in [1.54, 1.807) is 0 Å². The lowest BCUT2D eigenvalue weighted by molar-refractivity contribution is 1.14. The third kappa shape index (κ3) is 3.09. The molecule has 4 aromatic rings. The summed E-state index contributed by atoms with van der Waals surface area (Å²) in [4.78, 5) is 0. The van der Waals surface area contributed by atoms with Gasteiger partial charge in [0.15, 0.2) is 0 Å². The van der Waals surface area contributed by atoms with Gasteiger partial charge in [0.2, 0.25) is 0 Å². The standard InChI is InChI=1S/C29H26/c1-3-20-9-13-22(14-10-20)26-17-18-27-25-8-6-5-7-24(25)19-28(27)29(26)23-15-11-21(4-2)12-16-23/h5-18H,3-4,19H2,1-2H3. The zero-order chi connectivity index (χ0) is 19.8. The molecule has 0 spiro atoms. The summed E-state index contributed by atoms with van der Waals surface area (Å²) in [6, 6.07) is 31.8. The fourth-order valence-electron chi connectivity index (χ4n) is 4.61. The number of fused-ring (bicyclic) bond motifs is 3. The van der Waals surface area contributed by atoms with E-state index in [1.807, 2.05) is 0 Å². The van der Waals surface area contributed by atoms with Crippen molar-refractivity contribution in [1.29, 1.82) is 0 Å². The van der Waals surface area contributed by atoms with Crippen LogP contribution in [0.5, 0.6) is 0 Å². The van der Waals surface area contributed by atoms with E-state index in [0.29, 0.717) is 0 Å². The predicted molar refractivity (Wildman–Crippen MR) is 124 cm³/mol. The van der Waals surface area contributed by atoms with Crippen molar-refractivity contribution in [2.45, 2.75) is 33.1 Å². The van der Waals surface area contributed by atoms with Crippen LogP contribution in [0.3, 0.4) is 0 Å². The van der Waals surface area contributed by atoms with Crippen LogP contribution in [0.15, 0.2) is 84.9 Å². The van der Waals surface area contributed by atoms with Gasteiger partial charge >= 0.3 is 0 Å². The Morgan fingerprint density at radius 3 is 1.79 bits per heavy atom. The number of aryl methyl sites for hydroxylation is 2. The zero-order valence-electron chi connectivity index (χ0n) is 17.2. The summed E-state index contributed by atoms with van der Waals surface area (Å²) < 4.78 is 0. The first-order valence-electron chi connectivity index (χ1n) is 10.7. The molecule has 0 nitrogen and oxygen atoms in total. The molecule has 1 aliphatic carbocycles. The SMILES string of the molecule is CCc1ccc(-c2ccc3c(c2-c2ccc(CC)cc2)Cc2ccccc2-3)cc1. The molecule has 0 unspecified atom stereocenters. The highest BCUT2D eigenvalue weighted by Crippen LogP contribution is 2.45. The van der Waals surface area contributed by atoms with Crippen LogP contribution < -0.4 is 0 Å². The van der Waals surface area contributed by atoms with Gasteiger partial charge < -0.3 is 0 Å². The molecular formula is C29H26. The van der Waals surface area contributed by atoms with Crippen LogP contribution in [-0.4, -0.2) is 0 Å². The predicted octanol–water partition coefficient (Wildman–Crippen LogP) is 7.72. The van der Waals surface area contributed by atoms with Gasteiger partial charge in [-0.25, -0.2) is 0 Å². The third-order valence-electron chi connectivity index (χ3n) is 6.31. The molecule has 0 bridgehead atoms. The lowest BCUT2D eigenvalue weighted by atomic mass is 9.87. The Morgan fingerprint density at radius 1 is 0.552 bits per heavy atom. The van der Waals surface area contributed by atoms with Crippen molar-refractivity contribution in [3.05, 3.63) is 107 Å². The van der Waals surface area contributed by atoms with Crippen LogP contribution in [0.2, 0.25) is 0 Å². The number of hydrogen-bond donors (Lipinski definition) is 0. The highest BCUT2D eigenvalue weighted by molar-refractivity contribution is 5.93. The van der Waals surface area contributed by atoms with Crippen molar-refractivity contribution >= 4 is 0 Å². The molecule has 1 aliphatic rings. The molecule has 0 radical (unpaired) electrons. The Balaban J connectivity index is 1.73. The Hall–Kier alpha value is -3.12. The minimum Gasteiger partial charge on any atom is -0.0619 e. The van der Waals surface area contributed by atoms with E-state index in [2.05, 4.69) is 98.8 Å². The maximum Gasteiger partial charge on any atom is -0.000706 e. The molecule has 142 valence electrons. The van der Waals surface area contributed by atoms with E-state index in [-0.39, 0.29) is 0 Å². The molecule has 5 rings (SSSR count). The van der Waals surface area contributed by atoms with Gasteiger partial charge in [0, 0.05) is 0 Å². The van der Waals surface area contributed by atoms with Gasteiger partial charge in [-0.1, -0.05) is 98.8 Å². The average molecular weight is 375 g/mol. The first-order valence-corrected chi connectivity index (χ1v) is 10.7. The Morgan fingerprint density at radius 2 is 1.14 bits per heavy atom. The topological polar surface area (TPSA) is 0 Å². The summed E-state index contributed by atoms with van der Waals surface area (Å²) in [5.74, 6) is 0. The van der Waals surface area contributed by atoms with Gasteiger partial charge in [-0.15, -0.1) is 0 Å². The largest absolute Gasteiger partial charge is 0.0619 e. The van der Waals surface area contributed by atoms with Gasteiger partial charge in [0.1, 0.15) is 0 Å². The highest BCUT2D eigenvalue weighted by Gasteiger charge is 2.24. The molecule has 4 aromatic carbocycles. The van der Waals surface area contributed by atoms with E-state index >= 15 is 0 Å². The minimum absolute atomic E-state index is 1.01. The Labute approximate surface area is 173 Å². The van der Waals surface area contributed by atoms with Gasteiger partial charge in [0.25, 0.3) is 0 Å². The van der Waals surface area contributed by atoms with E-state index < -0.39 is 0 Å². The van der Waals surface area contributed by atoms with Crippen LogP contribution in [0.1, 0.15) is 36.1 Å². The van der Waals surface area contributed by atoms with Crippen LogP contribution >= 0.6 is 0 Å². The summed E-state index contributed by atoms with van der Waals surface area (Å²) in [5, 5.41) is 0. The fourth-order valence-corrected chi connectivity index (χ4v) is 4.61. The summed E-state index contributed by atoms with van der Waals surface area (Å²) in [6.45, 7) is 4.43. The minimum atomic E-state index is 1.01. The second kappa shape index (κ2) is 7.37. The van der Waals surface area contributed by atoms with Crippen molar-refractivity contribution < 1.29 is 0 Å². The van der Waals surface area contributed by atoms with Crippen molar-refractivity contribution in [3.63, 3.8) is 0 Å². The Bertz CT molecular complexity index is 1160. The molecule has 0 atom stereocenters. The van der Waals surface area contributed by atoms with Crippen molar-refractivity contribution in [1.82, 2.24) is 0 Å². The Kier molecular flexibility index (Phi) is 4.56. The summed E-state index contributed by atoms with van der Waals surface area (Å²) >= 11 is 0. The second-order valence-corrected chi connectivity index (χ2v) is 7.95. The molecule has 0 heteroatoms. The van der Waals surface area contributed by atoms with E-state index in [0.717, 1.165) is 19.3 Å². The highest BCUT2D eigenvalue weighted by atomic mass is 14.3. The van der Waals surface area contributed by atoms with Crippen molar-refractivity contribution in [2.75, 3.05) is 0 Å². The van der Waals surface area contributed by atoms with Gasteiger partial charge in [0.05, 0.1) is 0 Å². The number of rotatable bonds is 4. The first-order chi connectivity index (χ1) is 14.3. The summed E-state index contributed by atoms with van der Waals surface area (Å²) in [6.07, 6.45) is 3.16. The first kappa shape index (κ1) is 17.9. The van der Waals surface area contributed by atoms with Crippen molar-refractivity contribution in [3.8, 4) is 33.4 Å². The molecule has 0 aliphatic heterocycles. The normalized spacial score (nSPS) is 11.9. The quantitative estimate of drug-likeness (QED) is 0.302. The third-order valence-corrected chi connectivity index (χ3v) is 6.31. The molecule has 0 fully saturated rings. The number of hydrogen-bond acceptors (Lipinski definition) is 0. The molecule has 0 N–H and O–H groups in total. The average Bonchev–Trinajstić information content (AvgIpc) is 3.17. The van der Waals surface area contributed by atoms with E-state index in [9.17, 15) is 0 Å². The summed E-state index contributed by atoms with van der Waals surface area (Å²) in [5.41, 5.74) is 13.8. The van der Waals surface area contributed by atoms with Gasteiger partial charge in [-0.05, 0) is 74.9 Å². The second-order valence-electron chi connectivity index (χ2n) is 7.95. The summed E-state index contributed by atoms with van der Waals surface area (Å²) in [7, 11) is 0. The van der Waals surface area contributed by atoms with Crippen LogP contribution in [-0.2, 0) is 19.3 Å². The molecule has 0 aromatic heterocycles.